The van der Waals surface area contributed by atoms with Crippen LogP contribution in [0.4, 0.5) is 5.13 Å². The maximum Gasteiger partial charge on any atom is 0.341 e. The van der Waals surface area contributed by atoms with Crippen molar-refractivity contribution in [1.82, 2.24) is 4.98 Å². The maximum absolute atomic E-state index is 11.8. The first-order valence-corrected chi connectivity index (χ1v) is 7.86. The third kappa shape index (κ3) is 2.81. The van der Waals surface area contributed by atoms with Crippen LogP contribution in [0.25, 0.3) is 10.2 Å². The molecule has 1 aliphatic rings. The topological polar surface area (TPSA) is 60.5 Å². The largest absolute Gasteiger partial charge is 0.496 e. The van der Waals surface area contributed by atoms with Gasteiger partial charge in [-0.3, -0.25) is 0 Å². The molecule has 1 N–H and O–H groups in total. The van der Waals surface area contributed by atoms with Crippen LogP contribution in [0.15, 0.2) is 12.1 Å². The molecule has 0 aliphatic heterocycles. The monoisotopic (exact) mass is 306 g/mol. The molecule has 1 heterocycles. The fourth-order valence-corrected chi connectivity index (χ4v) is 3.66. The molecule has 112 valence electrons. The second kappa shape index (κ2) is 5.89. The van der Waals surface area contributed by atoms with E-state index in [0.717, 1.165) is 15.3 Å². The van der Waals surface area contributed by atoms with Gasteiger partial charge in [0.05, 0.1) is 24.4 Å². The summed E-state index contributed by atoms with van der Waals surface area (Å²) >= 11 is 1.56. The number of nitrogens with one attached hydrogen (secondary N) is 1. The van der Waals surface area contributed by atoms with Gasteiger partial charge in [0, 0.05) is 12.1 Å². The minimum absolute atomic E-state index is 0.396. The number of ether oxygens (including phenoxy) is 2. The number of hydrogen-bond donors (Lipinski definition) is 1. The molecule has 0 unspecified atom stereocenters. The second-order valence-corrected chi connectivity index (χ2v) is 6.19. The van der Waals surface area contributed by atoms with E-state index in [0.29, 0.717) is 17.4 Å². The number of aromatic nitrogens is 1. The Morgan fingerprint density at radius 1 is 1.33 bits per heavy atom. The van der Waals surface area contributed by atoms with Gasteiger partial charge in [-0.1, -0.05) is 24.2 Å². The Balaban J connectivity index is 1.94. The Morgan fingerprint density at radius 2 is 2.10 bits per heavy atom. The standard InChI is InChI=1S/C15H18N2O3S/c1-19-12-8-11-13(7-10(12)14(18)20-2)21-15(17-11)16-9-5-3-4-6-9/h7-9H,3-6H2,1-2H3,(H,16,17). The first-order valence-electron chi connectivity index (χ1n) is 7.04. The molecule has 21 heavy (non-hydrogen) atoms. The minimum Gasteiger partial charge on any atom is -0.496 e. The van der Waals surface area contributed by atoms with E-state index >= 15 is 0 Å². The smallest absolute Gasteiger partial charge is 0.341 e. The Kier molecular flexibility index (Phi) is 3.96. The van der Waals surface area contributed by atoms with Crippen molar-refractivity contribution in [2.45, 2.75) is 31.7 Å². The third-order valence-electron chi connectivity index (χ3n) is 3.80. The predicted molar refractivity (Wildman–Crippen MR) is 83.4 cm³/mol. The number of esters is 1. The van der Waals surface area contributed by atoms with Gasteiger partial charge in [0.25, 0.3) is 0 Å². The van der Waals surface area contributed by atoms with Crippen molar-refractivity contribution >= 4 is 32.7 Å². The number of fused-ring (bicyclic) bond motifs is 1. The number of carbonyl (C=O) groups excluding carboxylic acids is 1. The molecule has 3 rings (SSSR count). The summed E-state index contributed by atoms with van der Waals surface area (Å²) in [6, 6.07) is 4.10. The van der Waals surface area contributed by atoms with E-state index < -0.39 is 5.97 Å². The molecule has 0 spiro atoms. The van der Waals surface area contributed by atoms with E-state index in [1.807, 2.05) is 0 Å². The second-order valence-electron chi connectivity index (χ2n) is 5.16. The van der Waals surface area contributed by atoms with Crippen LogP contribution in [0.3, 0.4) is 0 Å². The lowest BCUT2D eigenvalue weighted by molar-refractivity contribution is 0.0597. The number of methoxy groups -OCH3 is 2. The molecule has 2 aromatic rings. The van der Waals surface area contributed by atoms with Crippen LogP contribution in [-0.4, -0.2) is 31.2 Å². The summed E-state index contributed by atoms with van der Waals surface area (Å²) in [7, 11) is 2.91. The Hall–Kier alpha value is -1.82. The van der Waals surface area contributed by atoms with Gasteiger partial charge in [-0.15, -0.1) is 0 Å². The van der Waals surface area contributed by atoms with Gasteiger partial charge in [-0.05, 0) is 18.9 Å². The van der Waals surface area contributed by atoms with Crippen molar-refractivity contribution in [3.05, 3.63) is 17.7 Å². The molecule has 1 fully saturated rings. The van der Waals surface area contributed by atoms with Gasteiger partial charge in [-0.25, -0.2) is 9.78 Å². The summed E-state index contributed by atoms with van der Waals surface area (Å²) in [5, 5.41) is 4.38. The average molecular weight is 306 g/mol. The highest BCUT2D eigenvalue weighted by molar-refractivity contribution is 7.22. The molecule has 0 bridgehead atoms. The minimum atomic E-state index is -0.396. The molecule has 6 heteroatoms. The normalized spacial score (nSPS) is 15.3. The molecular weight excluding hydrogens is 288 g/mol. The van der Waals surface area contributed by atoms with Crippen molar-refractivity contribution in [2.75, 3.05) is 19.5 Å². The van der Waals surface area contributed by atoms with Crippen LogP contribution in [0.5, 0.6) is 5.75 Å². The van der Waals surface area contributed by atoms with Crippen molar-refractivity contribution in [3.63, 3.8) is 0 Å². The van der Waals surface area contributed by atoms with Crippen molar-refractivity contribution < 1.29 is 14.3 Å². The summed E-state index contributed by atoms with van der Waals surface area (Å²) in [4.78, 5) is 16.4. The zero-order valence-corrected chi connectivity index (χ0v) is 13.0. The van der Waals surface area contributed by atoms with Crippen LogP contribution in [0, 0.1) is 0 Å². The molecular formula is C15H18N2O3S. The Morgan fingerprint density at radius 3 is 2.76 bits per heavy atom. The van der Waals surface area contributed by atoms with Gasteiger partial charge < -0.3 is 14.8 Å². The first-order chi connectivity index (χ1) is 10.2. The highest BCUT2D eigenvalue weighted by Crippen LogP contribution is 2.33. The molecule has 1 aromatic heterocycles. The number of carbonyl (C=O) groups is 1. The van der Waals surface area contributed by atoms with E-state index in [4.69, 9.17) is 9.47 Å². The van der Waals surface area contributed by atoms with Crippen LogP contribution in [0.1, 0.15) is 36.0 Å². The summed E-state index contributed by atoms with van der Waals surface area (Å²) < 4.78 is 11.0. The number of hydrogen-bond acceptors (Lipinski definition) is 6. The van der Waals surface area contributed by atoms with Gasteiger partial charge >= 0.3 is 5.97 Å². The molecule has 1 aliphatic carbocycles. The van der Waals surface area contributed by atoms with Gasteiger partial charge in [0.2, 0.25) is 0 Å². The van der Waals surface area contributed by atoms with Gasteiger partial charge in [0.1, 0.15) is 11.3 Å². The number of nitrogens with zero attached hydrogens (tertiary/aromatic N) is 1. The highest BCUT2D eigenvalue weighted by Gasteiger charge is 2.19. The summed E-state index contributed by atoms with van der Waals surface area (Å²) in [6.45, 7) is 0. The molecule has 1 aromatic carbocycles. The fourth-order valence-electron chi connectivity index (χ4n) is 2.70. The Labute approximate surface area is 127 Å². The molecule has 0 radical (unpaired) electrons. The fraction of sp³-hybridized carbons (Fsp3) is 0.467. The molecule has 0 atom stereocenters. The highest BCUT2D eigenvalue weighted by atomic mass is 32.1. The predicted octanol–water partition coefficient (Wildman–Crippen LogP) is 3.45. The van der Waals surface area contributed by atoms with E-state index in [9.17, 15) is 4.79 Å². The molecule has 5 nitrogen and oxygen atoms in total. The van der Waals surface area contributed by atoms with Crippen LogP contribution >= 0.6 is 11.3 Å². The first kappa shape index (κ1) is 14.1. The summed E-state index contributed by atoms with van der Waals surface area (Å²) in [6.07, 6.45) is 4.96. The van der Waals surface area contributed by atoms with Gasteiger partial charge in [0.15, 0.2) is 5.13 Å². The van der Waals surface area contributed by atoms with Crippen LogP contribution in [-0.2, 0) is 4.74 Å². The quantitative estimate of drug-likeness (QED) is 0.877. The average Bonchev–Trinajstić information content (AvgIpc) is 3.13. The maximum atomic E-state index is 11.8. The summed E-state index contributed by atoms with van der Waals surface area (Å²) in [5.41, 5.74) is 1.27. The van der Waals surface area contributed by atoms with E-state index in [-0.39, 0.29) is 0 Å². The van der Waals surface area contributed by atoms with E-state index in [2.05, 4.69) is 10.3 Å². The van der Waals surface area contributed by atoms with Crippen LogP contribution in [0.2, 0.25) is 0 Å². The molecule has 1 saturated carbocycles. The number of anilines is 1. The van der Waals surface area contributed by atoms with Crippen molar-refractivity contribution in [1.29, 1.82) is 0 Å². The zero-order chi connectivity index (χ0) is 14.8. The van der Waals surface area contributed by atoms with Crippen molar-refractivity contribution in [2.24, 2.45) is 0 Å². The third-order valence-corrected chi connectivity index (χ3v) is 4.75. The zero-order valence-electron chi connectivity index (χ0n) is 12.1. The SMILES string of the molecule is COC(=O)c1cc2sc(NC3CCCC3)nc2cc1OC. The van der Waals surface area contributed by atoms with Gasteiger partial charge in [-0.2, -0.15) is 0 Å². The van der Waals surface area contributed by atoms with E-state index in [1.165, 1.54) is 39.9 Å². The lowest BCUT2D eigenvalue weighted by Crippen LogP contribution is -2.13. The van der Waals surface area contributed by atoms with Crippen LogP contribution < -0.4 is 10.1 Å². The Bertz CT molecular complexity index is 662. The molecule has 0 amide bonds. The number of rotatable bonds is 4. The lowest BCUT2D eigenvalue weighted by atomic mass is 10.2. The summed E-state index contributed by atoms with van der Waals surface area (Å²) in [5.74, 6) is 0.0968. The number of benzene rings is 1. The molecule has 0 saturated heterocycles. The van der Waals surface area contributed by atoms with E-state index in [1.54, 1.807) is 23.5 Å². The van der Waals surface area contributed by atoms with Crippen molar-refractivity contribution in [3.8, 4) is 5.75 Å². The lowest BCUT2D eigenvalue weighted by Gasteiger charge is -2.09. The number of thiazole rings is 1.